The van der Waals surface area contributed by atoms with Crippen molar-refractivity contribution in [1.29, 1.82) is 0 Å². The largest absolute Gasteiger partial charge is 0.497 e. The number of nitrogens with zero attached hydrogens (tertiary/aromatic N) is 3. The van der Waals surface area contributed by atoms with Gasteiger partial charge < -0.3 is 24.6 Å². The fourth-order valence-corrected chi connectivity index (χ4v) is 3.92. The Balaban J connectivity index is 1.57. The Morgan fingerprint density at radius 1 is 1.06 bits per heavy atom. The zero-order chi connectivity index (χ0) is 22.9. The molecule has 172 valence electrons. The van der Waals surface area contributed by atoms with Crippen molar-refractivity contribution in [3.63, 3.8) is 0 Å². The number of rotatable bonds is 7. The highest BCUT2D eigenvalue weighted by atomic mass is 16.5. The summed E-state index contributed by atoms with van der Waals surface area (Å²) < 4.78 is 10.8. The van der Waals surface area contributed by atoms with Gasteiger partial charge in [-0.15, -0.1) is 0 Å². The number of aliphatic imine (C=N–C) groups is 1. The SMILES string of the molecule is CN=C(NCc1ccc(C(=O)N2CCCCC2)cc1)N(C)Cc1ccc(OC)cc1OC. The van der Waals surface area contributed by atoms with E-state index in [4.69, 9.17) is 9.47 Å². The van der Waals surface area contributed by atoms with E-state index in [2.05, 4.69) is 10.3 Å². The van der Waals surface area contributed by atoms with Crippen LogP contribution in [0.3, 0.4) is 0 Å². The molecule has 0 bridgehead atoms. The second-order valence-corrected chi connectivity index (χ2v) is 7.98. The van der Waals surface area contributed by atoms with Crippen LogP contribution in [-0.2, 0) is 13.1 Å². The normalized spacial score (nSPS) is 14.1. The molecule has 0 unspecified atom stereocenters. The third kappa shape index (κ3) is 5.93. The van der Waals surface area contributed by atoms with Crippen LogP contribution in [0.25, 0.3) is 0 Å². The lowest BCUT2D eigenvalue weighted by atomic mass is 10.1. The van der Waals surface area contributed by atoms with Crippen molar-refractivity contribution < 1.29 is 14.3 Å². The Bertz CT molecular complexity index is 921. The Labute approximate surface area is 191 Å². The first-order valence-corrected chi connectivity index (χ1v) is 11.1. The fourth-order valence-electron chi connectivity index (χ4n) is 3.92. The lowest BCUT2D eigenvalue weighted by Crippen LogP contribution is -2.38. The smallest absolute Gasteiger partial charge is 0.253 e. The first-order chi connectivity index (χ1) is 15.5. The van der Waals surface area contributed by atoms with Gasteiger partial charge in [0, 0.05) is 57.5 Å². The minimum Gasteiger partial charge on any atom is -0.497 e. The number of hydrogen-bond donors (Lipinski definition) is 1. The molecule has 0 saturated carbocycles. The first-order valence-electron chi connectivity index (χ1n) is 11.1. The van der Waals surface area contributed by atoms with Gasteiger partial charge in [-0.3, -0.25) is 9.79 Å². The molecule has 1 saturated heterocycles. The second-order valence-electron chi connectivity index (χ2n) is 7.98. The van der Waals surface area contributed by atoms with Gasteiger partial charge in [-0.2, -0.15) is 0 Å². The van der Waals surface area contributed by atoms with Gasteiger partial charge in [-0.1, -0.05) is 12.1 Å². The summed E-state index contributed by atoms with van der Waals surface area (Å²) in [6.45, 7) is 2.98. The second kappa shape index (κ2) is 11.4. The van der Waals surface area contributed by atoms with Crippen molar-refractivity contribution in [2.75, 3.05) is 41.4 Å². The molecule has 0 atom stereocenters. The minimum atomic E-state index is 0.133. The van der Waals surface area contributed by atoms with E-state index in [0.29, 0.717) is 13.1 Å². The number of amides is 1. The molecule has 1 amide bonds. The summed E-state index contributed by atoms with van der Waals surface area (Å²) >= 11 is 0. The van der Waals surface area contributed by atoms with Crippen molar-refractivity contribution in [2.24, 2.45) is 4.99 Å². The average molecular weight is 439 g/mol. The van der Waals surface area contributed by atoms with Crippen molar-refractivity contribution in [2.45, 2.75) is 32.4 Å². The van der Waals surface area contributed by atoms with E-state index in [0.717, 1.165) is 60.1 Å². The van der Waals surface area contributed by atoms with Crippen molar-refractivity contribution in [3.05, 3.63) is 59.2 Å². The van der Waals surface area contributed by atoms with E-state index in [1.165, 1.54) is 6.42 Å². The topological polar surface area (TPSA) is 66.4 Å². The number of guanidine groups is 1. The van der Waals surface area contributed by atoms with Crippen LogP contribution in [0, 0.1) is 0 Å². The molecular weight excluding hydrogens is 404 g/mol. The van der Waals surface area contributed by atoms with Crippen molar-refractivity contribution in [3.8, 4) is 11.5 Å². The molecule has 1 aliphatic rings. The Morgan fingerprint density at radius 3 is 2.41 bits per heavy atom. The number of methoxy groups -OCH3 is 2. The Hall–Kier alpha value is -3.22. The number of benzene rings is 2. The molecule has 7 heteroatoms. The van der Waals surface area contributed by atoms with Crippen LogP contribution in [0.4, 0.5) is 0 Å². The molecule has 1 heterocycles. The summed E-state index contributed by atoms with van der Waals surface area (Å²) in [5.74, 6) is 2.45. The van der Waals surface area contributed by atoms with Gasteiger partial charge in [0.15, 0.2) is 5.96 Å². The van der Waals surface area contributed by atoms with E-state index in [9.17, 15) is 4.79 Å². The molecule has 0 aliphatic carbocycles. The van der Waals surface area contributed by atoms with Gasteiger partial charge >= 0.3 is 0 Å². The molecule has 32 heavy (non-hydrogen) atoms. The lowest BCUT2D eigenvalue weighted by Gasteiger charge is -2.26. The van der Waals surface area contributed by atoms with Crippen LogP contribution >= 0.6 is 0 Å². The van der Waals surface area contributed by atoms with Crippen LogP contribution in [-0.4, -0.2) is 63.1 Å². The van der Waals surface area contributed by atoms with Crippen LogP contribution < -0.4 is 14.8 Å². The highest BCUT2D eigenvalue weighted by molar-refractivity contribution is 5.94. The molecule has 7 nitrogen and oxygen atoms in total. The maximum atomic E-state index is 12.6. The summed E-state index contributed by atoms with van der Waals surface area (Å²) in [7, 11) is 7.05. The third-order valence-electron chi connectivity index (χ3n) is 5.77. The van der Waals surface area contributed by atoms with E-state index in [1.54, 1.807) is 21.3 Å². The molecule has 1 fully saturated rings. The average Bonchev–Trinajstić information content (AvgIpc) is 2.85. The fraction of sp³-hybridized carbons (Fsp3) is 0.440. The number of nitrogens with one attached hydrogen (secondary N) is 1. The summed E-state index contributed by atoms with van der Waals surface area (Å²) in [6, 6.07) is 13.7. The maximum Gasteiger partial charge on any atom is 0.253 e. The molecule has 0 spiro atoms. The summed E-state index contributed by atoms with van der Waals surface area (Å²) in [5, 5.41) is 3.39. The molecule has 0 aromatic heterocycles. The van der Waals surface area contributed by atoms with Gasteiger partial charge in [-0.05, 0) is 49.1 Å². The van der Waals surface area contributed by atoms with Crippen molar-refractivity contribution in [1.82, 2.24) is 15.1 Å². The predicted octanol–water partition coefficient (Wildman–Crippen LogP) is 3.54. The van der Waals surface area contributed by atoms with Crippen LogP contribution in [0.5, 0.6) is 11.5 Å². The van der Waals surface area contributed by atoms with Gasteiger partial charge in [0.2, 0.25) is 0 Å². The monoisotopic (exact) mass is 438 g/mol. The molecule has 2 aromatic rings. The number of piperidine rings is 1. The number of carbonyl (C=O) groups is 1. The molecule has 1 N–H and O–H groups in total. The molecule has 0 radical (unpaired) electrons. The third-order valence-corrected chi connectivity index (χ3v) is 5.77. The quantitative estimate of drug-likeness (QED) is 0.529. The molecular formula is C25H34N4O3. The number of ether oxygens (including phenoxy) is 2. The number of carbonyl (C=O) groups excluding carboxylic acids is 1. The molecule has 3 rings (SSSR count). The van der Waals surface area contributed by atoms with E-state index in [1.807, 2.05) is 59.3 Å². The summed E-state index contributed by atoms with van der Waals surface area (Å²) in [4.78, 5) is 21.0. The van der Waals surface area contributed by atoms with Crippen LogP contribution in [0.2, 0.25) is 0 Å². The van der Waals surface area contributed by atoms with Crippen molar-refractivity contribution >= 4 is 11.9 Å². The van der Waals surface area contributed by atoms with E-state index >= 15 is 0 Å². The first kappa shape index (κ1) is 23.4. The number of hydrogen-bond acceptors (Lipinski definition) is 4. The van der Waals surface area contributed by atoms with E-state index < -0.39 is 0 Å². The maximum absolute atomic E-state index is 12.6. The van der Waals surface area contributed by atoms with Gasteiger partial charge in [-0.25, -0.2) is 0 Å². The Morgan fingerprint density at radius 2 is 1.78 bits per heavy atom. The molecule has 1 aliphatic heterocycles. The van der Waals surface area contributed by atoms with Gasteiger partial charge in [0.25, 0.3) is 5.91 Å². The Kier molecular flexibility index (Phi) is 8.36. The zero-order valence-electron chi connectivity index (χ0n) is 19.6. The van der Waals surface area contributed by atoms with Crippen LogP contribution in [0.15, 0.2) is 47.5 Å². The highest BCUT2D eigenvalue weighted by Crippen LogP contribution is 2.25. The predicted molar refractivity (Wildman–Crippen MR) is 127 cm³/mol. The lowest BCUT2D eigenvalue weighted by molar-refractivity contribution is 0.0724. The molecule has 2 aromatic carbocycles. The van der Waals surface area contributed by atoms with Gasteiger partial charge in [0.1, 0.15) is 11.5 Å². The summed E-state index contributed by atoms with van der Waals surface area (Å²) in [6.07, 6.45) is 3.42. The van der Waals surface area contributed by atoms with Crippen LogP contribution in [0.1, 0.15) is 40.7 Å². The standard InChI is InChI=1S/C25H34N4O3/c1-26-25(28(2)18-21-12-13-22(31-3)16-23(21)32-4)27-17-19-8-10-20(11-9-19)24(30)29-14-6-5-7-15-29/h8-13,16H,5-7,14-15,17-18H2,1-4H3,(H,26,27). The minimum absolute atomic E-state index is 0.133. The zero-order valence-corrected chi connectivity index (χ0v) is 19.6. The van der Waals surface area contributed by atoms with Gasteiger partial charge in [0.05, 0.1) is 14.2 Å². The highest BCUT2D eigenvalue weighted by Gasteiger charge is 2.18. The van der Waals surface area contributed by atoms with E-state index in [-0.39, 0.29) is 5.91 Å². The number of likely N-dealkylation sites (tertiary alicyclic amines) is 1. The summed E-state index contributed by atoms with van der Waals surface area (Å²) in [5.41, 5.74) is 2.89.